The first-order valence-corrected chi connectivity index (χ1v) is 15.9. The molecule has 1 fully saturated rings. The number of anilines is 1. The summed E-state index contributed by atoms with van der Waals surface area (Å²) >= 11 is 0. The van der Waals surface area contributed by atoms with Crippen LogP contribution in [-0.4, -0.2) is 89.7 Å². The number of carboxylic acids is 1. The summed E-state index contributed by atoms with van der Waals surface area (Å²) in [6, 6.07) is 2.65. The van der Waals surface area contributed by atoms with Gasteiger partial charge in [0.1, 0.15) is 18.9 Å². The number of rotatable bonds is 11. The Kier molecular flexibility index (Phi) is 9.10. The van der Waals surface area contributed by atoms with Gasteiger partial charge in [-0.25, -0.2) is 19.2 Å². The molecule has 0 amide bonds. The molecule has 224 valence electrons. The molecule has 0 aliphatic heterocycles. The molecule has 1 aromatic carbocycles. The summed E-state index contributed by atoms with van der Waals surface area (Å²) in [5.41, 5.74) is -1.33. The Labute approximate surface area is 235 Å². The highest BCUT2D eigenvalue weighted by molar-refractivity contribution is 7.70. The van der Waals surface area contributed by atoms with E-state index in [0.29, 0.717) is 25.9 Å². The van der Waals surface area contributed by atoms with Crippen LogP contribution in [0, 0.1) is 0 Å². The molecule has 41 heavy (non-hydrogen) atoms. The lowest BCUT2D eigenvalue weighted by Crippen LogP contribution is -2.36. The molecule has 0 saturated heterocycles. The summed E-state index contributed by atoms with van der Waals surface area (Å²) in [6.45, 7) is 3.71. The van der Waals surface area contributed by atoms with E-state index in [-0.39, 0.29) is 51.1 Å². The maximum Gasteiger partial charge on any atom is 0.419 e. The first-order chi connectivity index (χ1) is 19.2. The maximum absolute atomic E-state index is 14.3. The standard InChI is InChI=1S/C27H35F4N6O3P/c1-32-10-9-15(28)14-37(2)17-6-5-16(11-17)35-26-34-13-21(27(29,30)31)22(36-26)20-12-33-23-18(20)7-8-19(25(38)39)24(23)41(3,4)40/h7-8,12-13,15-17,32-33H,5-6,9-11,14H2,1-4H3,(H,38,39)(H,34,35,36)/t15?,16-,17?/m0/s1. The van der Waals surface area contributed by atoms with Gasteiger partial charge in [-0.3, -0.25) is 0 Å². The number of fused-ring (bicyclic) bond motifs is 1. The van der Waals surface area contributed by atoms with Crippen molar-refractivity contribution in [2.75, 3.05) is 45.8 Å². The average molecular weight is 599 g/mol. The number of halogens is 4. The van der Waals surface area contributed by atoms with E-state index < -0.39 is 31.0 Å². The zero-order valence-corrected chi connectivity index (χ0v) is 24.2. The van der Waals surface area contributed by atoms with Crippen LogP contribution in [0.5, 0.6) is 0 Å². The Bertz CT molecular complexity index is 1460. The molecule has 9 nitrogen and oxygen atoms in total. The summed E-state index contributed by atoms with van der Waals surface area (Å²) in [4.78, 5) is 24.9. The van der Waals surface area contributed by atoms with Gasteiger partial charge in [-0.15, -0.1) is 0 Å². The van der Waals surface area contributed by atoms with Gasteiger partial charge >= 0.3 is 12.1 Å². The lowest BCUT2D eigenvalue weighted by molar-refractivity contribution is -0.137. The first kappa shape index (κ1) is 30.9. The Balaban J connectivity index is 1.64. The Morgan fingerprint density at radius 3 is 2.66 bits per heavy atom. The fourth-order valence-electron chi connectivity index (χ4n) is 5.50. The van der Waals surface area contributed by atoms with Crippen molar-refractivity contribution in [3.05, 3.63) is 35.7 Å². The number of nitrogens with zero attached hydrogens (tertiary/aromatic N) is 3. The van der Waals surface area contributed by atoms with Crippen LogP contribution in [0.4, 0.5) is 23.5 Å². The maximum atomic E-state index is 14.3. The molecule has 4 N–H and O–H groups in total. The van der Waals surface area contributed by atoms with Crippen LogP contribution in [0.1, 0.15) is 41.6 Å². The van der Waals surface area contributed by atoms with Gasteiger partial charge in [0.05, 0.1) is 16.8 Å². The summed E-state index contributed by atoms with van der Waals surface area (Å²) < 4.78 is 69.5. The van der Waals surface area contributed by atoms with Gasteiger partial charge in [-0.2, -0.15) is 13.2 Å². The number of aromatic carboxylic acids is 1. The molecule has 0 radical (unpaired) electrons. The topological polar surface area (TPSA) is 123 Å². The summed E-state index contributed by atoms with van der Waals surface area (Å²) in [5.74, 6) is -1.26. The van der Waals surface area contributed by atoms with Gasteiger partial charge in [0, 0.05) is 47.3 Å². The Morgan fingerprint density at radius 1 is 1.29 bits per heavy atom. The number of H-pyrrole nitrogens is 1. The first-order valence-electron chi connectivity index (χ1n) is 13.3. The molecule has 2 aromatic heterocycles. The fourth-order valence-corrected chi connectivity index (χ4v) is 6.98. The van der Waals surface area contributed by atoms with E-state index in [1.54, 1.807) is 7.05 Å². The molecule has 0 spiro atoms. The van der Waals surface area contributed by atoms with Crippen molar-refractivity contribution in [2.24, 2.45) is 0 Å². The van der Waals surface area contributed by atoms with Gasteiger partial charge in [0.15, 0.2) is 0 Å². The third-order valence-corrected chi connectivity index (χ3v) is 9.04. The van der Waals surface area contributed by atoms with E-state index in [4.69, 9.17) is 0 Å². The lowest BCUT2D eigenvalue weighted by Gasteiger charge is -2.26. The molecule has 3 atom stereocenters. The summed E-state index contributed by atoms with van der Waals surface area (Å²) in [5, 5.41) is 16.0. The van der Waals surface area contributed by atoms with Crippen LogP contribution in [0.25, 0.3) is 22.2 Å². The van der Waals surface area contributed by atoms with E-state index in [2.05, 4.69) is 25.6 Å². The van der Waals surface area contributed by atoms with Crippen LogP contribution in [0.2, 0.25) is 0 Å². The molecule has 1 aliphatic carbocycles. The second-order valence-electron chi connectivity index (χ2n) is 10.9. The minimum Gasteiger partial charge on any atom is -0.478 e. The molecule has 1 aliphatic rings. The predicted molar refractivity (Wildman–Crippen MR) is 151 cm³/mol. The SMILES string of the molecule is CNCCC(F)CN(C)C1CC[C@H](Nc2ncc(C(F)(F)F)c(-c3c[nH]c4c(P(C)(C)=O)c(C(=O)O)ccc34)n2)C1. The zero-order valence-electron chi connectivity index (χ0n) is 23.3. The quantitative estimate of drug-likeness (QED) is 0.183. The van der Waals surface area contributed by atoms with Gasteiger partial charge in [-0.1, -0.05) is 6.07 Å². The molecular weight excluding hydrogens is 563 g/mol. The van der Waals surface area contributed by atoms with Gasteiger partial charge in [0.2, 0.25) is 5.95 Å². The number of alkyl halides is 4. The second-order valence-corrected chi connectivity index (χ2v) is 14.1. The monoisotopic (exact) mass is 598 g/mol. The number of aromatic nitrogens is 3. The number of aromatic amines is 1. The number of carboxylic acid groups (broad SMARTS) is 1. The van der Waals surface area contributed by atoms with Crippen molar-refractivity contribution in [3.63, 3.8) is 0 Å². The van der Waals surface area contributed by atoms with Gasteiger partial charge < -0.3 is 30.2 Å². The van der Waals surface area contributed by atoms with Crippen molar-refractivity contribution in [3.8, 4) is 11.3 Å². The van der Waals surface area contributed by atoms with Crippen LogP contribution in [-0.2, 0) is 10.7 Å². The number of nitrogens with one attached hydrogen (secondary N) is 3. The van der Waals surface area contributed by atoms with Gasteiger partial charge in [-0.05, 0) is 65.7 Å². The van der Waals surface area contributed by atoms with E-state index in [9.17, 15) is 32.0 Å². The highest BCUT2D eigenvalue weighted by atomic mass is 31.2. The molecule has 4 rings (SSSR count). The van der Waals surface area contributed by atoms with Crippen molar-refractivity contribution < 1.29 is 32.0 Å². The highest BCUT2D eigenvalue weighted by Crippen LogP contribution is 2.43. The van der Waals surface area contributed by atoms with Crippen molar-refractivity contribution >= 4 is 35.3 Å². The summed E-state index contributed by atoms with van der Waals surface area (Å²) in [6.07, 6.45) is -1.08. The van der Waals surface area contributed by atoms with E-state index in [1.807, 2.05) is 11.9 Å². The third kappa shape index (κ3) is 6.90. The van der Waals surface area contributed by atoms with Crippen LogP contribution in [0.3, 0.4) is 0 Å². The minimum atomic E-state index is -4.76. The van der Waals surface area contributed by atoms with E-state index >= 15 is 0 Å². The number of hydrogen-bond donors (Lipinski definition) is 4. The van der Waals surface area contributed by atoms with Gasteiger partial charge in [0.25, 0.3) is 0 Å². The average Bonchev–Trinajstić information content (AvgIpc) is 3.52. The zero-order chi connectivity index (χ0) is 30.1. The van der Waals surface area contributed by atoms with E-state index in [0.717, 1.165) is 19.0 Å². The Hall–Kier alpha value is -3.02. The predicted octanol–water partition coefficient (Wildman–Crippen LogP) is 4.80. The van der Waals surface area contributed by atoms with Crippen LogP contribution < -0.4 is 15.9 Å². The van der Waals surface area contributed by atoms with Crippen molar-refractivity contribution in [2.45, 2.75) is 50.1 Å². The lowest BCUT2D eigenvalue weighted by atomic mass is 10.0. The summed E-state index contributed by atoms with van der Waals surface area (Å²) in [7, 11) is 0.502. The second kappa shape index (κ2) is 12.1. The molecule has 0 bridgehead atoms. The normalized spacial score (nSPS) is 18.8. The number of benzene rings is 1. The van der Waals surface area contributed by atoms with E-state index in [1.165, 1.54) is 31.7 Å². The smallest absolute Gasteiger partial charge is 0.419 e. The number of carbonyl (C=O) groups is 1. The molecule has 1 saturated carbocycles. The minimum absolute atomic E-state index is 0.0204. The Morgan fingerprint density at radius 2 is 2.02 bits per heavy atom. The van der Waals surface area contributed by atoms with Crippen LogP contribution in [0.15, 0.2) is 24.5 Å². The van der Waals surface area contributed by atoms with Crippen molar-refractivity contribution in [1.82, 2.24) is 25.2 Å². The van der Waals surface area contributed by atoms with Crippen molar-refractivity contribution in [1.29, 1.82) is 0 Å². The molecule has 2 unspecified atom stereocenters. The molecule has 2 heterocycles. The highest BCUT2D eigenvalue weighted by Gasteiger charge is 2.37. The number of hydrogen-bond acceptors (Lipinski definition) is 7. The third-order valence-electron chi connectivity index (χ3n) is 7.50. The largest absolute Gasteiger partial charge is 0.478 e. The molecular formula is C27H35F4N6O3P. The van der Waals surface area contributed by atoms with Crippen LogP contribution >= 0.6 is 7.14 Å². The fraction of sp³-hybridized carbons (Fsp3) is 0.519. The molecule has 3 aromatic rings. The molecule has 14 heteroatoms.